The second-order valence-corrected chi connectivity index (χ2v) is 4.65. The SMILES string of the molecule is CCOC(=O)C(C)(C)C(=O)Cc1ccc(OC)nc1. The van der Waals surface area contributed by atoms with E-state index in [-0.39, 0.29) is 18.8 Å². The highest BCUT2D eigenvalue weighted by molar-refractivity contribution is 6.03. The zero-order chi connectivity index (χ0) is 14.5. The number of ketones is 1. The number of carbonyl (C=O) groups excluding carboxylic acids is 2. The number of ether oxygens (including phenoxy) is 2. The van der Waals surface area contributed by atoms with E-state index >= 15 is 0 Å². The summed E-state index contributed by atoms with van der Waals surface area (Å²) in [7, 11) is 1.52. The summed E-state index contributed by atoms with van der Waals surface area (Å²) in [5.74, 6) is -0.208. The van der Waals surface area contributed by atoms with Gasteiger partial charge in [0.25, 0.3) is 0 Å². The normalized spacial score (nSPS) is 10.9. The first-order valence-corrected chi connectivity index (χ1v) is 6.11. The van der Waals surface area contributed by atoms with Gasteiger partial charge in [0.15, 0.2) is 5.78 Å². The summed E-state index contributed by atoms with van der Waals surface area (Å²) in [6, 6.07) is 3.44. The van der Waals surface area contributed by atoms with Crippen molar-refractivity contribution in [1.29, 1.82) is 0 Å². The Hall–Kier alpha value is -1.91. The van der Waals surface area contributed by atoms with Gasteiger partial charge in [0.05, 0.1) is 13.7 Å². The minimum absolute atomic E-state index is 0.142. The zero-order valence-electron chi connectivity index (χ0n) is 11.7. The van der Waals surface area contributed by atoms with Gasteiger partial charge in [-0.2, -0.15) is 0 Å². The topological polar surface area (TPSA) is 65.5 Å². The van der Waals surface area contributed by atoms with Gasteiger partial charge in [-0.25, -0.2) is 4.98 Å². The van der Waals surface area contributed by atoms with Crippen molar-refractivity contribution in [2.24, 2.45) is 5.41 Å². The zero-order valence-corrected chi connectivity index (χ0v) is 11.7. The third-order valence-electron chi connectivity index (χ3n) is 2.85. The lowest BCUT2D eigenvalue weighted by Gasteiger charge is -2.20. The Morgan fingerprint density at radius 2 is 2.00 bits per heavy atom. The molecule has 0 saturated carbocycles. The first-order chi connectivity index (χ1) is 8.91. The van der Waals surface area contributed by atoms with Crippen molar-refractivity contribution in [3.8, 4) is 5.88 Å². The lowest BCUT2D eigenvalue weighted by Crippen LogP contribution is -2.36. The summed E-state index contributed by atoms with van der Waals surface area (Å²) >= 11 is 0. The van der Waals surface area contributed by atoms with Crippen LogP contribution in [0.15, 0.2) is 18.3 Å². The molecule has 0 N–H and O–H groups in total. The van der Waals surface area contributed by atoms with Crippen molar-refractivity contribution in [1.82, 2.24) is 4.98 Å². The van der Waals surface area contributed by atoms with Gasteiger partial charge >= 0.3 is 5.97 Å². The Morgan fingerprint density at radius 3 is 2.47 bits per heavy atom. The number of carbonyl (C=O) groups is 2. The van der Waals surface area contributed by atoms with E-state index in [9.17, 15) is 9.59 Å². The van der Waals surface area contributed by atoms with Gasteiger partial charge in [-0.15, -0.1) is 0 Å². The number of esters is 1. The van der Waals surface area contributed by atoms with Crippen molar-refractivity contribution >= 4 is 11.8 Å². The molecule has 1 aromatic rings. The third kappa shape index (κ3) is 3.77. The number of pyridine rings is 1. The van der Waals surface area contributed by atoms with Crippen LogP contribution in [0.3, 0.4) is 0 Å². The molecule has 0 amide bonds. The Labute approximate surface area is 112 Å². The van der Waals surface area contributed by atoms with Crippen LogP contribution in [0.4, 0.5) is 0 Å². The van der Waals surface area contributed by atoms with E-state index < -0.39 is 11.4 Å². The predicted octanol–water partition coefficient (Wildman–Crippen LogP) is 1.79. The van der Waals surface area contributed by atoms with Crippen LogP contribution in [0.5, 0.6) is 5.88 Å². The lowest BCUT2D eigenvalue weighted by atomic mass is 9.85. The number of methoxy groups -OCH3 is 1. The summed E-state index contributed by atoms with van der Waals surface area (Å²) in [6.07, 6.45) is 1.71. The van der Waals surface area contributed by atoms with Crippen molar-refractivity contribution < 1.29 is 19.1 Å². The molecule has 0 aromatic carbocycles. The minimum Gasteiger partial charge on any atom is -0.481 e. The maximum absolute atomic E-state index is 12.1. The molecule has 1 rings (SSSR count). The van der Waals surface area contributed by atoms with E-state index in [2.05, 4.69) is 4.98 Å². The van der Waals surface area contributed by atoms with Gasteiger partial charge in [0.1, 0.15) is 5.41 Å². The summed E-state index contributed by atoms with van der Waals surface area (Å²) in [6.45, 7) is 5.13. The number of hydrogen-bond acceptors (Lipinski definition) is 5. The van der Waals surface area contributed by atoms with Gasteiger partial charge in [0, 0.05) is 18.7 Å². The molecular weight excluding hydrogens is 246 g/mol. The maximum atomic E-state index is 12.1. The molecule has 0 radical (unpaired) electrons. The van der Waals surface area contributed by atoms with Crippen molar-refractivity contribution in [3.63, 3.8) is 0 Å². The average molecular weight is 265 g/mol. The van der Waals surface area contributed by atoms with Crippen molar-refractivity contribution in [2.75, 3.05) is 13.7 Å². The minimum atomic E-state index is -1.14. The van der Waals surface area contributed by atoms with Gasteiger partial charge in [0.2, 0.25) is 5.88 Å². The predicted molar refractivity (Wildman–Crippen MR) is 69.9 cm³/mol. The number of rotatable bonds is 6. The highest BCUT2D eigenvalue weighted by Gasteiger charge is 2.36. The summed E-state index contributed by atoms with van der Waals surface area (Å²) in [4.78, 5) is 27.9. The molecule has 5 nitrogen and oxygen atoms in total. The molecule has 0 aliphatic carbocycles. The van der Waals surface area contributed by atoms with E-state index in [1.165, 1.54) is 7.11 Å². The highest BCUT2D eigenvalue weighted by Crippen LogP contribution is 2.21. The molecule has 0 unspecified atom stereocenters. The van der Waals surface area contributed by atoms with Crippen LogP contribution in [0.1, 0.15) is 26.3 Å². The molecule has 0 spiro atoms. The average Bonchev–Trinajstić information content (AvgIpc) is 2.39. The fourth-order valence-corrected chi connectivity index (χ4v) is 1.47. The Kier molecular flexibility index (Phi) is 5.03. The second-order valence-electron chi connectivity index (χ2n) is 4.65. The van der Waals surface area contributed by atoms with Crippen LogP contribution in [-0.4, -0.2) is 30.5 Å². The van der Waals surface area contributed by atoms with Gasteiger partial charge in [-0.1, -0.05) is 6.07 Å². The standard InChI is InChI=1S/C14H19NO4/c1-5-19-13(17)14(2,3)11(16)8-10-6-7-12(18-4)15-9-10/h6-7,9H,5,8H2,1-4H3. The number of hydrogen-bond donors (Lipinski definition) is 0. The van der Waals surface area contributed by atoms with Gasteiger partial charge in [-0.05, 0) is 26.3 Å². The molecule has 0 fully saturated rings. The molecule has 104 valence electrons. The van der Waals surface area contributed by atoms with Gasteiger partial charge in [-0.3, -0.25) is 9.59 Å². The maximum Gasteiger partial charge on any atom is 0.319 e. The smallest absolute Gasteiger partial charge is 0.319 e. The number of aromatic nitrogens is 1. The van der Waals surface area contributed by atoms with Crippen LogP contribution < -0.4 is 4.74 Å². The molecule has 19 heavy (non-hydrogen) atoms. The lowest BCUT2D eigenvalue weighted by molar-refractivity contribution is -0.157. The first-order valence-electron chi connectivity index (χ1n) is 6.11. The van der Waals surface area contributed by atoms with Crippen LogP contribution in [0.25, 0.3) is 0 Å². The molecule has 1 aromatic heterocycles. The molecule has 0 atom stereocenters. The van der Waals surface area contributed by atoms with Crippen LogP contribution in [-0.2, 0) is 20.7 Å². The Balaban J connectivity index is 2.74. The number of Topliss-reactive ketones (excluding diaryl/α,β-unsaturated/α-hetero) is 1. The molecular formula is C14H19NO4. The fourth-order valence-electron chi connectivity index (χ4n) is 1.47. The number of nitrogens with zero attached hydrogens (tertiary/aromatic N) is 1. The summed E-state index contributed by atoms with van der Waals surface area (Å²) in [5.41, 5.74) is -0.404. The van der Waals surface area contributed by atoms with Crippen molar-refractivity contribution in [3.05, 3.63) is 23.9 Å². The fraction of sp³-hybridized carbons (Fsp3) is 0.500. The molecule has 5 heteroatoms. The van der Waals surface area contributed by atoms with Crippen LogP contribution >= 0.6 is 0 Å². The van der Waals surface area contributed by atoms with E-state index in [1.54, 1.807) is 39.1 Å². The Bertz CT molecular complexity index is 451. The van der Waals surface area contributed by atoms with E-state index in [1.807, 2.05) is 0 Å². The van der Waals surface area contributed by atoms with Crippen molar-refractivity contribution in [2.45, 2.75) is 27.2 Å². The molecule has 0 bridgehead atoms. The highest BCUT2D eigenvalue weighted by atomic mass is 16.5. The quantitative estimate of drug-likeness (QED) is 0.579. The third-order valence-corrected chi connectivity index (χ3v) is 2.85. The first kappa shape index (κ1) is 15.1. The summed E-state index contributed by atoms with van der Waals surface area (Å²) < 4.78 is 9.85. The molecule has 1 heterocycles. The van der Waals surface area contributed by atoms with E-state index in [4.69, 9.17) is 9.47 Å². The monoisotopic (exact) mass is 265 g/mol. The summed E-state index contributed by atoms with van der Waals surface area (Å²) in [5, 5.41) is 0. The van der Waals surface area contributed by atoms with Crippen LogP contribution in [0, 0.1) is 5.41 Å². The Morgan fingerprint density at radius 1 is 1.32 bits per heavy atom. The molecule has 0 saturated heterocycles. The molecule has 0 aliphatic rings. The van der Waals surface area contributed by atoms with Crippen LogP contribution in [0.2, 0.25) is 0 Å². The second kappa shape index (κ2) is 6.31. The largest absolute Gasteiger partial charge is 0.481 e. The van der Waals surface area contributed by atoms with E-state index in [0.29, 0.717) is 5.88 Å². The van der Waals surface area contributed by atoms with Gasteiger partial charge < -0.3 is 9.47 Å². The molecule has 0 aliphatic heterocycles. The van der Waals surface area contributed by atoms with E-state index in [0.717, 1.165) is 5.56 Å².